The lowest BCUT2D eigenvalue weighted by molar-refractivity contribution is -0.0964. The van der Waals surface area contributed by atoms with Crippen molar-refractivity contribution in [3.8, 4) is 5.69 Å². The highest BCUT2D eigenvalue weighted by Crippen LogP contribution is 2.41. The van der Waals surface area contributed by atoms with Crippen LogP contribution in [0.1, 0.15) is 34.7 Å². The van der Waals surface area contributed by atoms with E-state index < -0.39 is 5.60 Å². The molecule has 1 fully saturated rings. The van der Waals surface area contributed by atoms with Gasteiger partial charge in [-0.25, -0.2) is 9.67 Å². The van der Waals surface area contributed by atoms with Crippen LogP contribution in [-0.2, 0) is 23.8 Å². The lowest BCUT2D eigenvalue weighted by Gasteiger charge is -2.42. The van der Waals surface area contributed by atoms with E-state index in [1.807, 2.05) is 34.8 Å². The standard InChI is InChI=1S/C21H23N5O2/c1-24-13-10-22-19(24)20(27)25-11-8-21(9-12-25)18-16(7-14-28-21)15-26(23-18)17-5-3-2-4-6-17/h2-6,10,13,15H,7-9,11-12,14H2,1H3. The van der Waals surface area contributed by atoms with Crippen LogP contribution in [-0.4, -0.2) is 49.8 Å². The summed E-state index contributed by atoms with van der Waals surface area (Å²) in [5.41, 5.74) is 2.94. The van der Waals surface area contributed by atoms with Gasteiger partial charge in [-0.15, -0.1) is 0 Å². The van der Waals surface area contributed by atoms with Gasteiger partial charge in [0.2, 0.25) is 0 Å². The largest absolute Gasteiger partial charge is 0.368 e. The zero-order chi connectivity index (χ0) is 19.1. The van der Waals surface area contributed by atoms with E-state index in [4.69, 9.17) is 9.84 Å². The van der Waals surface area contributed by atoms with E-state index in [9.17, 15) is 4.79 Å². The molecule has 7 heteroatoms. The molecule has 7 nitrogen and oxygen atoms in total. The number of ether oxygens (including phenoxy) is 1. The van der Waals surface area contributed by atoms with Gasteiger partial charge in [0.1, 0.15) is 5.60 Å². The van der Waals surface area contributed by atoms with Crippen LogP contribution < -0.4 is 0 Å². The highest BCUT2D eigenvalue weighted by Gasteiger charge is 2.44. The molecule has 2 aromatic heterocycles. The number of amides is 1. The molecule has 0 atom stereocenters. The molecule has 0 radical (unpaired) electrons. The van der Waals surface area contributed by atoms with E-state index in [1.165, 1.54) is 5.56 Å². The second-order valence-electron chi connectivity index (χ2n) is 7.53. The SMILES string of the molecule is Cn1ccnc1C(=O)N1CCC2(CC1)OCCc1cn(-c3ccccc3)nc12. The van der Waals surface area contributed by atoms with Gasteiger partial charge in [0.25, 0.3) is 5.91 Å². The summed E-state index contributed by atoms with van der Waals surface area (Å²) in [7, 11) is 1.85. The van der Waals surface area contributed by atoms with Crippen LogP contribution in [0.4, 0.5) is 0 Å². The molecular weight excluding hydrogens is 354 g/mol. The lowest BCUT2D eigenvalue weighted by atomic mass is 9.84. The lowest BCUT2D eigenvalue weighted by Crippen LogP contribution is -2.48. The summed E-state index contributed by atoms with van der Waals surface area (Å²) in [4.78, 5) is 18.8. The molecule has 0 aliphatic carbocycles. The van der Waals surface area contributed by atoms with Crippen LogP contribution in [0.15, 0.2) is 48.9 Å². The normalized spacial score (nSPS) is 18.2. The number of aromatic nitrogens is 4. The van der Waals surface area contributed by atoms with Crippen molar-refractivity contribution in [3.63, 3.8) is 0 Å². The van der Waals surface area contributed by atoms with Crippen molar-refractivity contribution < 1.29 is 9.53 Å². The molecule has 0 saturated carbocycles. The van der Waals surface area contributed by atoms with Gasteiger partial charge in [-0.2, -0.15) is 5.10 Å². The van der Waals surface area contributed by atoms with Crippen LogP contribution in [0.5, 0.6) is 0 Å². The van der Waals surface area contributed by atoms with E-state index in [-0.39, 0.29) is 5.91 Å². The number of rotatable bonds is 2. The van der Waals surface area contributed by atoms with Crippen LogP contribution in [0.25, 0.3) is 5.69 Å². The monoisotopic (exact) mass is 377 g/mol. The first-order valence-corrected chi connectivity index (χ1v) is 9.71. The first-order chi connectivity index (χ1) is 13.7. The fourth-order valence-electron chi connectivity index (χ4n) is 4.28. The zero-order valence-corrected chi connectivity index (χ0v) is 15.9. The molecular formula is C21H23N5O2. The van der Waals surface area contributed by atoms with Crippen molar-refractivity contribution in [2.24, 2.45) is 7.05 Å². The van der Waals surface area contributed by atoms with E-state index in [0.717, 1.165) is 30.6 Å². The number of nitrogens with zero attached hydrogens (tertiary/aromatic N) is 5. The van der Waals surface area contributed by atoms with Crippen LogP contribution in [0, 0.1) is 0 Å². The summed E-state index contributed by atoms with van der Waals surface area (Å²) in [5, 5.41) is 4.90. The number of benzene rings is 1. The third-order valence-corrected chi connectivity index (χ3v) is 5.86. The number of imidazole rings is 1. The summed E-state index contributed by atoms with van der Waals surface area (Å²) in [5.74, 6) is 0.461. The number of hydrogen-bond donors (Lipinski definition) is 0. The maximum atomic E-state index is 12.8. The predicted molar refractivity (Wildman–Crippen MR) is 103 cm³/mol. The van der Waals surface area contributed by atoms with Gasteiger partial charge >= 0.3 is 0 Å². The molecule has 0 N–H and O–H groups in total. The van der Waals surface area contributed by atoms with E-state index in [0.29, 0.717) is 25.5 Å². The molecule has 0 bridgehead atoms. The molecule has 5 rings (SSSR count). The highest BCUT2D eigenvalue weighted by atomic mass is 16.5. The van der Waals surface area contributed by atoms with Crippen molar-refractivity contribution in [2.75, 3.05) is 19.7 Å². The Hall–Kier alpha value is -2.93. The fraction of sp³-hybridized carbons (Fsp3) is 0.381. The molecule has 2 aliphatic heterocycles. The average molecular weight is 377 g/mol. The Balaban J connectivity index is 1.39. The first-order valence-electron chi connectivity index (χ1n) is 9.71. The summed E-state index contributed by atoms with van der Waals surface area (Å²) in [6, 6.07) is 10.2. The number of fused-ring (bicyclic) bond motifs is 2. The van der Waals surface area contributed by atoms with Gasteiger partial charge in [0.15, 0.2) is 5.82 Å². The quantitative estimate of drug-likeness (QED) is 0.687. The van der Waals surface area contributed by atoms with Crippen LogP contribution >= 0.6 is 0 Å². The van der Waals surface area contributed by atoms with Crippen molar-refractivity contribution in [1.82, 2.24) is 24.2 Å². The summed E-state index contributed by atoms with van der Waals surface area (Å²) in [6.07, 6.45) is 7.96. The Morgan fingerprint density at radius 2 is 1.96 bits per heavy atom. The van der Waals surface area contributed by atoms with Crippen LogP contribution in [0.2, 0.25) is 0 Å². The minimum Gasteiger partial charge on any atom is -0.368 e. The number of aryl methyl sites for hydroxylation is 1. The van der Waals surface area contributed by atoms with Crippen molar-refractivity contribution in [1.29, 1.82) is 0 Å². The van der Waals surface area contributed by atoms with Crippen molar-refractivity contribution in [3.05, 3.63) is 66.0 Å². The molecule has 1 saturated heterocycles. The number of carbonyl (C=O) groups excluding carboxylic acids is 1. The van der Waals surface area contributed by atoms with Gasteiger partial charge in [0, 0.05) is 38.7 Å². The summed E-state index contributed by atoms with van der Waals surface area (Å²) >= 11 is 0. The van der Waals surface area contributed by atoms with Crippen molar-refractivity contribution in [2.45, 2.75) is 24.9 Å². The number of likely N-dealkylation sites (tertiary alicyclic amines) is 1. The van der Waals surface area contributed by atoms with Crippen molar-refractivity contribution >= 4 is 5.91 Å². The smallest absolute Gasteiger partial charge is 0.289 e. The minimum atomic E-state index is -0.397. The number of para-hydroxylation sites is 1. The average Bonchev–Trinajstić information content (AvgIpc) is 3.36. The topological polar surface area (TPSA) is 65.2 Å². The number of piperidine rings is 1. The minimum absolute atomic E-state index is 0.0202. The van der Waals surface area contributed by atoms with Gasteiger partial charge in [-0.05, 0) is 37.0 Å². The molecule has 4 heterocycles. The third-order valence-electron chi connectivity index (χ3n) is 5.86. The molecule has 1 aromatic carbocycles. The molecule has 0 unspecified atom stereocenters. The molecule has 3 aromatic rings. The molecule has 1 amide bonds. The van der Waals surface area contributed by atoms with E-state index in [1.54, 1.807) is 17.0 Å². The molecule has 1 spiro atoms. The predicted octanol–water partition coefficient (Wildman–Crippen LogP) is 2.31. The Morgan fingerprint density at radius 3 is 2.68 bits per heavy atom. The maximum absolute atomic E-state index is 12.8. The highest BCUT2D eigenvalue weighted by molar-refractivity contribution is 5.90. The maximum Gasteiger partial charge on any atom is 0.289 e. The Bertz CT molecular complexity index is 999. The van der Waals surface area contributed by atoms with Gasteiger partial charge < -0.3 is 14.2 Å². The van der Waals surface area contributed by atoms with Gasteiger partial charge in [-0.3, -0.25) is 4.79 Å². The number of hydrogen-bond acceptors (Lipinski definition) is 4. The molecule has 28 heavy (non-hydrogen) atoms. The zero-order valence-electron chi connectivity index (χ0n) is 15.9. The number of carbonyl (C=O) groups is 1. The van der Waals surface area contributed by atoms with E-state index >= 15 is 0 Å². The van der Waals surface area contributed by atoms with Crippen LogP contribution in [0.3, 0.4) is 0 Å². The summed E-state index contributed by atoms with van der Waals surface area (Å²) < 4.78 is 10.0. The third kappa shape index (κ3) is 2.74. The first kappa shape index (κ1) is 17.2. The second kappa shape index (κ2) is 6.60. The van der Waals surface area contributed by atoms with Gasteiger partial charge in [0.05, 0.1) is 18.0 Å². The Morgan fingerprint density at radius 1 is 1.18 bits per heavy atom. The molecule has 2 aliphatic rings. The second-order valence-corrected chi connectivity index (χ2v) is 7.53. The van der Waals surface area contributed by atoms with E-state index in [2.05, 4.69) is 23.3 Å². The summed E-state index contributed by atoms with van der Waals surface area (Å²) in [6.45, 7) is 1.98. The Labute approximate surface area is 163 Å². The molecule has 144 valence electrons. The fourth-order valence-corrected chi connectivity index (χ4v) is 4.28. The van der Waals surface area contributed by atoms with Gasteiger partial charge in [-0.1, -0.05) is 18.2 Å². The Kier molecular flexibility index (Phi) is 4.05.